The molecule has 2 aliphatic rings. The molecule has 4 rings (SSSR count). The van der Waals surface area contributed by atoms with E-state index in [0.717, 1.165) is 43.6 Å². The molecule has 1 aromatic heterocycles. The van der Waals surface area contributed by atoms with Crippen molar-refractivity contribution in [3.05, 3.63) is 42.2 Å². The van der Waals surface area contributed by atoms with Gasteiger partial charge >= 0.3 is 0 Å². The second-order valence-electron chi connectivity index (χ2n) is 6.96. The molecule has 2 atom stereocenters. The smallest absolute Gasteiger partial charge is 0.228 e. The molecule has 1 aromatic carbocycles. The molecule has 2 N–H and O–H groups in total. The van der Waals surface area contributed by atoms with Gasteiger partial charge in [0.1, 0.15) is 5.69 Å². The summed E-state index contributed by atoms with van der Waals surface area (Å²) in [7, 11) is 0. The molecule has 2 heterocycles. The molecule has 0 radical (unpaired) electrons. The molecule has 1 saturated carbocycles. The van der Waals surface area contributed by atoms with Gasteiger partial charge in [0, 0.05) is 18.2 Å². The fraction of sp³-hybridized carbons (Fsp3) is 0.474. The van der Waals surface area contributed by atoms with E-state index in [9.17, 15) is 4.79 Å². The molecule has 1 amide bonds. The van der Waals surface area contributed by atoms with Crippen LogP contribution in [0.25, 0.3) is 11.3 Å². The van der Waals surface area contributed by atoms with Crippen molar-refractivity contribution >= 4 is 18.3 Å². The van der Waals surface area contributed by atoms with Crippen molar-refractivity contribution in [3.63, 3.8) is 0 Å². The van der Waals surface area contributed by atoms with Crippen molar-refractivity contribution < 1.29 is 9.32 Å². The van der Waals surface area contributed by atoms with Gasteiger partial charge in [-0.05, 0) is 25.3 Å². The number of halogens is 1. The van der Waals surface area contributed by atoms with Gasteiger partial charge in [-0.15, -0.1) is 12.4 Å². The predicted molar refractivity (Wildman–Crippen MR) is 98.3 cm³/mol. The van der Waals surface area contributed by atoms with Crippen LogP contribution in [-0.4, -0.2) is 24.2 Å². The number of carbonyl (C=O) groups excluding carboxylic acids is 1. The van der Waals surface area contributed by atoms with E-state index >= 15 is 0 Å². The first-order chi connectivity index (χ1) is 11.8. The maximum absolute atomic E-state index is 12.8. The molecule has 2 aromatic rings. The van der Waals surface area contributed by atoms with E-state index < -0.39 is 0 Å². The number of aromatic nitrogens is 1. The molecule has 1 aliphatic heterocycles. The van der Waals surface area contributed by atoms with Crippen LogP contribution in [0.3, 0.4) is 0 Å². The molecule has 25 heavy (non-hydrogen) atoms. The summed E-state index contributed by atoms with van der Waals surface area (Å²) in [5.41, 5.74) is 1.60. The monoisotopic (exact) mass is 361 g/mol. The Bertz CT molecular complexity index is 718. The van der Waals surface area contributed by atoms with E-state index in [1.54, 1.807) is 0 Å². The summed E-state index contributed by atoms with van der Waals surface area (Å²) in [4.78, 5) is 12.8. The number of rotatable bonds is 4. The van der Waals surface area contributed by atoms with E-state index in [0.29, 0.717) is 18.2 Å². The van der Waals surface area contributed by atoms with Crippen LogP contribution in [0.2, 0.25) is 0 Å². The summed E-state index contributed by atoms with van der Waals surface area (Å²) in [6.07, 6.45) is 4.53. The average molecular weight is 362 g/mol. The highest BCUT2D eigenvalue weighted by Gasteiger charge is 2.49. The van der Waals surface area contributed by atoms with Crippen molar-refractivity contribution in [2.75, 3.05) is 13.1 Å². The van der Waals surface area contributed by atoms with Gasteiger partial charge in [-0.2, -0.15) is 0 Å². The average Bonchev–Trinajstić information content (AvgIpc) is 3.28. The number of benzene rings is 1. The molecular formula is C19H24ClN3O2. The maximum Gasteiger partial charge on any atom is 0.228 e. The Morgan fingerprint density at radius 2 is 2.16 bits per heavy atom. The number of nitrogens with zero attached hydrogens (tertiary/aromatic N) is 1. The topological polar surface area (TPSA) is 67.2 Å². The van der Waals surface area contributed by atoms with Crippen LogP contribution in [0.15, 0.2) is 40.9 Å². The third kappa shape index (κ3) is 3.44. The van der Waals surface area contributed by atoms with E-state index in [1.807, 2.05) is 36.4 Å². The van der Waals surface area contributed by atoms with Crippen LogP contribution < -0.4 is 10.6 Å². The Balaban J connectivity index is 0.00000182. The lowest BCUT2D eigenvalue weighted by Gasteiger charge is -2.37. The lowest BCUT2D eigenvalue weighted by atomic mass is 9.67. The summed E-state index contributed by atoms with van der Waals surface area (Å²) in [6, 6.07) is 11.8. The van der Waals surface area contributed by atoms with Gasteiger partial charge in [0.25, 0.3) is 0 Å². The van der Waals surface area contributed by atoms with Crippen molar-refractivity contribution in [1.29, 1.82) is 0 Å². The first-order valence-corrected chi connectivity index (χ1v) is 8.78. The van der Waals surface area contributed by atoms with Gasteiger partial charge in [-0.3, -0.25) is 4.79 Å². The van der Waals surface area contributed by atoms with E-state index in [1.165, 1.54) is 6.42 Å². The highest BCUT2D eigenvalue weighted by molar-refractivity contribution is 5.85. The van der Waals surface area contributed by atoms with Crippen molar-refractivity contribution in [1.82, 2.24) is 15.8 Å². The number of hydrogen-bond donors (Lipinski definition) is 2. The lowest BCUT2D eigenvalue weighted by Crippen LogP contribution is -2.47. The number of nitrogens with one attached hydrogen (secondary N) is 2. The van der Waals surface area contributed by atoms with Crippen molar-refractivity contribution in [2.24, 2.45) is 11.3 Å². The zero-order valence-corrected chi connectivity index (χ0v) is 15.0. The molecule has 0 unspecified atom stereocenters. The molecule has 1 aliphatic carbocycles. The second kappa shape index (κ2) is 7.58. The lowest BCUT2D eigenvalue weighted by molar-refractivity contribution is -0.134. The molecule has 6 heteroatoms. The normalized spacial score (nSPS) is 25.0. The first-order valence-electron chi connectivity index (χ1n) is 8.78. The van der Waals surface area contributed by atoms with Gasteiger partial charge in [0.2, 0.25) is 5.91 Å². The van der Waals surface area contributed by atoms with Crippen LogP contribution in [-0.2, 0) is 11.3 Å². The minimum absolute atomic E-state index is 0. The highest BCUT2D eigenvalue weighted by atomic mass is 35.5. The Hall–Kier alpha value is -1.85. The fourth-order valence-electron chi connectivity index (χ4n) is 4.18. The van der Waals surface area contributed by atoms with Crippen LogP contribution in [0.1, 0.15) is 31.4 Å². The van der Waals surface area contributed by atoms with E-state index in [-0.39, 0.29) is 23.7 Å². The molecule has 5 nitrogen and oxygen atoms in total. The van der Waals surface area contributed by atoms with Crippen molar-refractivity contribution in [3.8, 4) is 11.3 Å². The summed E-state index contributed by atoms with van der Waals surface area (Å²) in [6.45, 7) is 2.16. The highest BCUT2D eigenvalue weighted by Crippen LogP contribution is 2.43. The van der Waals surface area contributed by atoms with Gasteiger partial charge in [0.05, 0.1) is 12.0 Å². The van der Waals surface area contributed by atoms with Gasteiger partial charge in [0.15, 0.2) is 5.76 Å². The zero-order chi connectivity index (χ0) is 16.4. The third-order valence-corrected chi connectivity index (χ3v) is 5.54. The Morgan fingerprint density at radius 1 is 1.32 bits per heavy atom. The minimum Gasteiger partial charge on any atom is -0.359 e. The van der Waals surface area contributed by atoms with Crippen LogP contribution >= 0.6 is 12.4 Å². The quantitative estimate of drug-likeness (QED) is 0.877. The molecule has 1 saturated heterocycles. The maximum atomic E-state index is 12.8. The summed E-state index contributed by atoms with van der Waals surface area (Å²) >= 11 is 0. The SMILES string of the molecule is Cl.O=C(NCc1cc(-c2ccccc2)no1)[C@@]12CCCC[C@H]1CNC2. The fourth-order valence-corrected chi connectivity index (χ4v) is 4.18. The van der Waals surface area contributed by atoms with E-state index in [4.69, 9.17) is 4.52 Å². The number of hydrogen-bond acceptors (Lipinski definition) is 4. The largest absolute Gasteiger partial charge is 0.359 e. The van der Waals surface area contributed by atoms with Gasteiger partial charge in [-0.1, -0.05) is 48.3 Å². The van der Waals surface area contributed by atoms with E-state index in [2.05, 4.69) is 15.8 Å². The minimum atomic E-state index is -0.222. The van der Waals surface area contributed by atoms with Crippen LogP contribution in [0.4, 0.5) is 0 Å². The molecule has 2 fully saturated rings. The molecular weight excluding hydrogens is 338 g/mol. The second-order valence-corrected chi connectivity index (χ2v) is 6.96. The van der Waals surface area contributed by atoms with Crippen LogP contribution in [0.5, 0.6) is 0 Å². The number of carbonyl (C=O) groups is 1. The number of fused-ring (bicyclic) bond motifs is 1. The first kappa shape index (κ1) is 18.0. The Morgan fingerprint density at radius 3 is 3.00 bits per heavy atom. The predicted octanol–water partition coefficient (Wildman–Crippen LogP) is 3.16. The summed E-state index contributed by atoms with van der Waals surface area (Å²) < 4.78 is 5.39. The molecule has 134 valence electrons. The molecule has 0 bridgehead atoms. The zero-order valence-electron chi connectivity index (χ0n) is 14.2. The van der Waals surface area contributed by atoms with Gasteiger partial charge < -0.3 is 15.2 Å². The Kier molecular flexibility index (Phi) is 5.45. The molecule has 0 spiro atoms. The Labute approximate surface area is 154 Å². The summed E-state index contributed by atoms with van der Waals surface area (Å²) in [5.74, 6) is 1.33. The standard InChI is InChI=1S/C19H23N3O2.ClH/c23-18(19-9-5-4-8-15(19)11-20-13-19)21-12-16-10-17(22-24-16)14-6-2-1-3-7-14;/h1-3,6-7,10,15,20H,4-5,8-9,11-13H2,(H,21,23);1H/t15-,19+;/m0./s1. The third-order valence-electron chi connectivity index (χ3n) is 5.54. The van der Waals surface area contributed by atoms with Gasteiger partial charge in [-0.25, -0.2) is 0 Å². The summed E-state index contributed by atoms with van der Waals surface area (Å²) in [5, 5.41) is 10.6. The number of amides is 1. The van der Waals surface area contributed by atoms with Crippen LogP contribution in [0, 0.1) is 11.3 Å². The van der Waals surface area contributed by atoms with Crippen molar-refractivity contribution in [2.45, 2.75) is 32.2 Å².